The van der Waals surface area contributed by atoms with Gasteiger partial charge in [0.2, 0.25) is 0 Å². The Labute approximate surface area is 102 Å². The molecule has 3 N–H and O–H groups in total. The Bertz CT molecular complexity index is 606. The fourth-order valence-electron chi connectivity index (χ4n) is 1.42. The van der Waals surface area contributed by atoms with Crippen LogP contribution >= 0.6 is 0 Å². The highest BCUT2D eigenvalue weighted by atomic mass is 16.4. The molecule has 2 aromatic rings. The summed E-state index contributed by atoms with van der Waals surface area (Å²) in [5, 5.41) is 11.3. The third-order valence-corrected chi connectivity index (χ3v) is 2.20. The minimum atomic E-state index is -1.24. The van der Waals surface area contributed by atoms with E-state index in [-0.39, 0.29) is 11.4 Å². The number of amides is 1. The molecule has 92 valence electrons. The predicted octanol–water partition coefficient (Wildman–Crippen LogP) is 1.06. The Morgan fingerprint density at radius 2 is 2.17 bits per heavy atom. The molecule has 2 aromatic heterocycles. The molecule has 0 unspecified atom stereocenters. The van der Waals surface area contributed by atoms with E-state index < -0.39 is 11.9 Å². The highest BCUT2D eigenvalue weighted by Gasteiger charge is 2.19. The number of nitrogens with zero attached hydrogens (tertiary/aromatic N) is 2. The van der Waals surface area contributed by atoms with Crippen molar-refractivity contribution < 1.29 is 14.7 Å². The highest BCUT2D eigenvalue weighted by Crippen LogP contribution is 2.08. The first kappa shape index (κ1) is 11.8. The van der Waals surface area contributed by atoms with Crippen LogP contribution in [0.2, 0.25) is 0 Å². The maximum absolute atomic E-state index is 11.8. The van der Waals surface area contributed by atoms with Gasteiger partial charge in [0, 0.05) is 5.69 Å². The van der Waals surface area contributed by atoms with E-state index in [1.165, 1.54) is 0 Å². The maximum atomic E-state index is 11.8. The Hall–Kier alpha value is -2.70. The molecule has 7 heteroatoms. The van der Waals surface area contributed by atoms with Gasteiger partial charge in [0.1, 0.15) is 5.82 Å². The van der Waals surface area contributed by atoms with E-state index in [4.69, 9.17) is 5.11 Å². The molecular formula is C11H10N4O3. The monoisotopic (exact) mass is 246 g/mol. The van der Waals surface area contributed by atoms with Gasteiger partial charge in [-0.25, -0.2) is 14.8 Å². The van der Waals surface area contributed by atoms with E-state index in [0.717, 1.165) is 12.0 Å². The number of hydrogen-bond donors (Lipinski definition) is 3. The van der Waals surface area contributed by atoms with Crippen LogP contribution in [0.15, 0.2) is 24.5 Å². The minimum Gasteiger partial charge on any atom is -0.477 e. The first-order chi connectivity index (χ1) is 8.58. The van der Waals surface area contributed by atoms with Crippen molar-refractivity contribution in [3.63, 3.8) is 0 Å². The molecule has 2 rings (SSSR count). The number of nitrogens with one attached hydrogen (secondary N) is 2. The number of carbonyl (C=O) groups excluding carboxylic acids is 1. The average Bonchev–Trinajstić information content (AvgIpc) is 2.77. The van der Waals surface area contributed by atoms with Crippen molar-refractivity contribution in [2.24, 2.45) is 0 Å². The summed E-state index contributed by atoms with van der Waals surface area (Å²) in [5.41, 5.74) is 0.319. The van der Waals surface area contributed by atoms with Crippen molar-refractivity contribution in [2.75, 3.05) is 5.32 Å². The summed E-state index contributed by atoms with van der Waals surface area (Å²) in [7, 11) is 0. The molecule has 0 aliphatic rings. The summed E-state index contributed by atoms with van der Waals surface area (Å²) < 4.78 is 0. The van der Waals surface area contributed by atoms with E-state index in [2.05, 4.69) is 20.3 Å². The van der Waals surface area contributed by atoms with Gasteiger partial charge in [-0.1, -0.05) is 6.07 Å². The largest absolute Gasteiger partial charge is 0.477 e. The lowest BCUT2D eigenvalue weighted by atomic mass is 10.3. The molecule has 0 saturated carbocycles. The molecule has 0 bridgehead atoms. The number of imidazole rings is 1. The molecule has 1 amide bonds. The van der Waals surface area contributed by atoms with E-state index in [1.54, 1.807) is 25.1 Å². The van der Waals surface area contributed by atoms with E-state index >= 15 is 0 Å². The summed E-state index contributed by atoms with van der Waals surface area (Å²) in [6, 6.07) is 5.13. The second-order valence-corrected chi connectivity index (χ2v) is 3.55. The van der Waals surface area contributed by atoms with Crippen molar-refractivity contribution in [1.82, 2.24) is 15.0 Å². The lowest BCUT2D eigenvalue weighted by Crippen LogP contribution is -2.17. The maximum Gasteiger partial charge on any atom is 0.354 e. The van der Waals surface area contributed by atoms with Crippen molar-refractivity contribution in [1.29, 1.82) is 0 Å². The number of aryl methyl sites for hydroxylation is 1. The Morgan fingerprint density at radius 1 is 1.39 bits per heavy atom. The average molecular weight is 246 g/mol. The number of carboxylic acids is 1. The summed E-state index contributed by atoms with van der Waals surface area (Å²) in [6.45, 7) is 1.78. The minimum absolute atomic E-state index is 0.175. The molecule has 0 fully saturated rings. The van der Waals surface area contributed by atoms with Gasteiger partial charge in [0.05, 0.1) is 6.33 Å². The third kappa shape index (κ3) is 2.34. The van der Waals surface area contributed by atoms with E-state index in [0.29, 0.717) is 5.82 Å². The summed E-state index contributed by atoms with van der Waals surface area (Å²) in [6.07, 6.45) is 1.15. The number of H-pyrrole nitrogens is 1. The van der Waals surface area contributed by atoms with Crippen LogP contribution in [0.5, 0.6) is 0 Å². The quantitative estimate of drug-likeness (QED) is 0.750. The van der Waals surface area contributed by atoms with Gasteiger partial charge >= 0.3 is 5.97 Å². The van der Waals surface area contributed by atoms with Crippen LogP contribution < -0.4 is 5.32 Å². The third-order valence-electron chi connectivity index (χ3n) is 2.20. The Morgan fingerprint density at radius 3 is 2.83 bits per heavy atom. The topological polar surface area (TPSA) is 108 Å². The first-order valence-corrected chi connectivity index (χ1v) is 5.09. The fraction of sp³-hybridized carbons (Fsp3) is 0.0909. The SMILES string of the molecule is Cc1cccc(NC(=O)c2nc[nH]c2C(=O)O)n1. The molecule has 0 spiro atoms. The second-order valence-electron chi connectivity index (χ2n) is 3.55. The number of carbonyl (C=O) groups is 2. The van der Waals surface area contributed by atoms with Gasteiger partial charge in [-0.3, -0.25) is 4.79 Å². The lowest BCUT2D eigenvalue weighted by Gasteiger charge is -2.03. The van der Waals surface area contributed by atoms with E-state index in [9.17, 15) is 9.59 Å². The van der Waals surface area contributed by atoms with Gasteiger partial charge < -0.3 is 15.4 Å². The summed E-state index contributed by atoms with van der Waals surface area (Å²) in [5.74, 6) is -1.51. The molecule has 18 heavy (non-hydrogen) atoms. The standard InChI is InChI=1S/C11H10N4O3/c1-6-3-2-4-7(14-6)15-10(16)8-9(11(17)18)13-5-12-8/h2-5H,1H3,(H,12,13)(H,17,18)(H,14,15,16). The first-order valence-electron chi connectivity index (χ1n) is 5.09. The zero-order valence-corrected chi connectivity index (χ0v) is 9.47. The number of aromatic amines is 1. The molecule has 0 atom stereocenters. The number of rotatable bonds is 3. The Balaban J connectivity index is 2.22. The lowest BCUT2D eigenvalue weighted by molar-refractivity contribution is 0.0686. The molecule has 0 aromatic carbocycles. The van der Waals surface area contributed by atoms with Crippen LogP contribution in [0.25, 0.3) is 0 Å². The highest BCUT2D eigenvalue weighted by molar-refractivity contribution is 6.08. The van der Waals surface area contributed by atoms with E-state index in [1.807, 2.05) is 0 Å². The van der Waals surface area contributed by atoms with Crippen molar-refractivity contribution >= 4 is 17.7 Å². The molecule has 0 radical (unpaired) electrons. The molecule has 0 saturated heterocycles. The normalized spacial score (nSPS) is 10.1. The van der Waals surface area contributed by atoms with Gasteiger partial charge in [-0.05, 0) is 19.1 Å². The molecule has 2 heterocycles. The molecule has 7 nitrogen and oxygen atoms in total. The van der Waals surface area contributed by atoms with Crippen molar-refractivity contribution in [3.05, 3.63) is 41.6 Å². The number of carboxylic acid groups (broad SMARTS) is 1. The smallest absolute Gasteiger partial charge is 0.354 e. The zero-order valence-electron chi connectivity index (χ0n) is 9.47. The van der Waals surface area contributed by atoms with Gasteiger partial charge in [-0.2, -0.15) is 0 Å². The summed E-state index contributed by atoms with van der Waals surface area (Å²) in [4.78, 5) is 32.8. The van der Waals surface area contributed by atoms with Crippen molar-refractivity contribution in [2.45, 2.75) is 6.92 Å². The van der Waals surface area contributed by atoms with Crippen LogP contribution in [0.4, 0.5) is 5.82 Å². The second kappa shape index (κ2) is 4.66. The van der Waals surface area contributed by atoms with Crippen molar-refractivity contribution in [3.8, 4) is 0 Å². The van der Waals surface area contributed by atoms with Gasteiger partial charge in [0.15, 0.2) is 11.4 Å². The van der Waals surface area contributed by atoms with Gasteiger partial charge in [-0.15, -0.1) is 0 Å². The number of hydrogen-bond acceptors (Lipinski definition) is 4. The van der Waals surface area contributed by atoms with Crippen LogP contribution in [0.3, 0.4) is 0 Å². The van der Waals surface area contributed by atoms with Crippen LogP contribution in [0, 0.1) is 6.92 Å². The van der Waals surface area contributed by atoms with Crippen LogP contribution in [-0.2, 0) is 0 Å². The summed E-state index contributed by atoms with van der Waals surface area (Å²) >= 11 is 0. The molecule has 0 aliphatic heterocycles. The molecular weight excluding hydrogens is 236 g/mol. The Kier molecular flexibility index (Phi) is 3.05. The number of aromatic carboxylic acids is 1. The predicted molar refractivity (Wildman–Crippen MR) is 62.5 cm³/mol. The van der Waals surface area contributed by atoms with Crippen LogP contribution in [0.1, 0.15) is 26.7 Å². The van der Waals surface area contributed by atoms with Gasteiger partial charge in [0.25, 0.3) is 5.91 Å². The number of aromatic nitrogens is 3. The number of anilines is 1. The fourth-order valence-corrected chi connectivity index (χ4v) is 1.42. The van der Waals surface area contributed by atoms with Crippen LogP contribution in [-0.4, -0.2) is 31.9 Å². The number of pyridine rings is 1. The molecule has 0 aliphatic carbocycles. The zero-order chi connectivity index (χ0) is 13.1.